The van der Waals surface area contributed by atoms with Crippen molar-refractivity contribution in [3.8, 4) is 0 Å². The van der Waals surface area contributed by atoms with Gasteiger partial charge in [-0.05, 0) is 13.0 Å². The van der Waals surface area contributed by atoms with Gasteiger partial charge in [0.05, 0.1) is 31.1 Å². The molecule has 0 saturated carbocycles. The average molecular weight is 319 g/mol. The lowest BCUT2D eigenvalue weighted by molar-refractivity contribution is -0.00588. The van der Waals surface area contributed by atoms with Crippen molar-refractivity contribution in [2.45, 2.75) is 25.0 Å². The fourth-order valence-corrected chi connectivity index (χ4v) is 3.94. The third-order valence-electron chi connectivity index (χ3n) is 5.18. The Morgan fingerprint density at radius 3 is 2.83 bits per heavy atom. The molecule has 0 radical (unpaired) electrons. The number of nitrogens with zero attached hydrogens (tertiary/aromatic N) is 4. The first-order valence-electron chi connectivity index (χ1n) is 8.61. The van der Waals surface area contributed by atoms with Gasteiger partial charge >= 0.3 is 0 Å². The minimum Gasteiger partial charge on any atom is -0.390 e. The maximum atomic E-state index is 10.6. The maximum Gasteiger partial charge on any atom is 0.135 e. The van der Waals surface area contributed by atoms with E-state index in [4.69, 9.17) is 4.74 Å². The molecule has 126 valence electrons. The second-order valence-electron chi connectivity index (χ2n) is 6.56. The minimum absolute atomic E-state index is 0.174. The van der Waals surface area contributed by atoms with Crippen LogP contribution in [0, 0.1) is 0 Å². The number of nitrogens with one attached hydrogen (secondary N) is 1. The Morgan fingerprint density at radius 1 is 1.13 bits per heavy atom. The van der Waals surface area contributed by atoms with Crippen molar-refractivity contribution >= 4 is 5.82 Å². The number of ether oxygens (including phenoxy) is 1. The van der Waals surface area contributed by atoms with Crippen LogP contribution in [0.15, 0.2) is 6.33 Å². The zero-order chi connectivity index (χ0) is 15.6. The van der Waals surface area contributed by atoms with Gasteiger partial charge in [0.1, 0.15) is 12.1 Å². The smallest absolute Gasteiger partial charge is 0.135 e. The molecule has 2 atom stereocenters. The van der Waals surface area contributed by atoms with E-state index < -0.39 is 0 Å². The van der Waals surface area contributed by atoms with Crippen LogP contribution >= 0.6 is 0 Å². The number of aliphatic hydroxyl groups excluding tert-OH is 1. The lowest BCUT2D eigenvalue weighted by atomic mass is 10.1. The van der Waals surface area contributed by atoms with E-state index in [2.05, 4.69) is 25.1 Å². The van der Waals surface area contributed by atoms with Gasteiger partial charge in [0.25, 0.3) is 0 Å². The van der Waals surface area contributed by atoms with Gasteiger partial charge in [0, 0.05) is 44.7 Å². The Kier molecular flexibility index (Phi) is 4.43. The van der Waals surface area contributed by atoms with Gasteiger partial charge in [-0.15, -0.1) is 0 Å². The molecule has 1 aromatic rings. The first kappa shape index (κ1) is 15.3. The van der Waals surface area contributed by atoms with E-state index in [-0.39, 0.29) is 12.1 Å². The standard InChI is InChI=1S/C16H25N5O2/c22-15-10-21(9-14(15)20-5-7-23-8-6-20)16-12-1-3-17-4-2-13(12)18-11-19-16/h11,14-15,17,22H,1-10H2/t14-,15-/m1/s1. The summed E-state index contributed by atoms with van der Waals surface area (Å²) in [5, 5.41) is 14.0. The lowest BCUT2D eigenvalue weighted by Crippen LogP contribution is -2.48. The molecule has 23 heavy (non-hydrogen) atoms. The van der Waals surface area contributed by atoms with Gasteiger partial charge in [-0.2, -0.15) is 0 Å². The molecular formula is C16H25N5O2. The number of hydrogen-bond donors (Lipinski definition) is 2. The second-order valence-corrected chi connectivity index (χ2v) is 6.56. The summed E-state index contributed by atoms with van der Waals surface area (Å²) in [7, 11) is 0. The monoisotopic (exact) mass is 319 g/mol. The lowest BCUT2D eigenvalue weighted by Gasteiger charge is -2.33. The van der Waals surface area contributed by atoms with Gasteiger partial charge in [0.2, 0.25) is 0 Å². The average Bonchev–Trinajstić information content (AvgIpc) is 2.81. The topological polar surface area (TPSA) is 73.8 Å². The fourth-order valence-electron chi connectivity index (χ4n) is 3.94. The van der Waals surface area contributed by atoms with Gasteiger partial charge < -0.3 is 20.1 Å². The van der Waals surface area contributed by atoms with Crippen LogP contribution in [-0.2, 0) is 17.6 Å². The van der Waals surface area contributed by atoms with Gasteiger partial charge in [-0.25, -0.2) is 9.97 Å². The summed E-state index contributed by atoms with van der Waals surface area (Å²) in [5.41, 5.74) is 2.41. The predicted molar refractivity (Wildman–Crippen MR) is 86.7 cm³/mol. The van der Waals surface area contributed by atoms with E-state index in [0.29, 0.717) is 6.54 Å². The van der Waals surface area contributed by atoms with Crippen molar-refractivity contribution in [1.82, 2.24) is 20.2 Å². The van der Waals surface area contributed by atoms with E-state index in [1.165, 1.54) is 5.56 Å². The summed E-state index contributed by atoms with van der Waals surface area (Å²) in [5.74, 6) is 1.02. The Balaban J connectivity index is 1.55. The highest BCUT2D eigenvalue weighted by Gasteiger charge is 2.37. The van der Waals surface area contributed by atoms with Gasteiger partial charge in [-0.1, -0.05) is 0 Å². The molecule has 2 N–H and O–H groups in total. The predicted octanol–water partition coefficient (Wildman–Crippen LogP) is -0.953. The largest absolute Gasteiger partial charge is 0.390 e. The van der Waals surface area contributed by atoms with Crippen LogP contribution in [0.5, 0.6) is 0 Å². The van der Waals surface area contributed by atoms with Crippen molar-refractivity contribution in [3.05, 3.63) is 17.6 Å². The highest BCUT2D eigenvalue weighted by molar-refractivity contribution is 5.51. The molecule has 0 aromatic carbocycles. The van der Waals surface area contributed by atoms with Crippen LogP contribution in [0.25, 0.3) is 0 Å². The molecule has 7 heteroatoms. The summed E-state index contributed by atoms with van der Waals surface area (Å²) in [6.07, 6.45) is 3.25. The highest BCUT2D eigenvalue weighted by Crippen LogP contribution is 2.27. The Hall–Kier alpha value is -1.28. The number of hydrogen-bond acceptors (Lipinski definition) is 7. The molecule has 2 saturated heterocycles. The van der Waals surface area contributed by atoms with Crippen molar-refractivity contribution in [1.29, 1.82) is 0 Å². The molecule has 0 bridgehead atoms. The second kappa shape index (κ2) is 6.68. The van der Waals surface area contributed by atoms with E-state index in [1.54, 1.807) is 6.33 Å². The normalized spacial score (nSPS) is 29.3. The molecule has 4 heterocycles. The van der Waals surface area contributed by atoms with E-state index in [9.17, 15) is 5.11 Å². The van der Waals surface area contributed by atoms with E-state index in [1.807, 2.05) is 0 Å². The molecule has 4 rings (SSSR count). The highest BCUT2D eigenvalue weighted by atomic mass is 16.5. The summed E-state index contributed by atoms with van der Waals surface area (Å²) in [4.78, 5) is 13.6. The van der Waals surface area contributed by atoms with Crippen LogP contribution in [0.3, 0.4) is 0 Å². The minimum atomic E-state index is -0.331. The fraction of sp³-hybridized carbons (Fsp3) is 0.750. The summed E-state index contributed by atoms with van der Waals surface area (Å²) < 4.78 is 5.43. The number of rotatable bonds is 2. The molecule has 0 amide bonds. The molecular weight excluding hydrogens is 294 g/mol. The maximum absolute atomic E-state index is 10.6. The Bertz CT molecular complexity index is 549. The molecule has 0 aliphatic carbocycles. The summed E-state index contributed by atoms with van der Waals surface area (Å²) in [6.45, 7) is 6.76. The number of β-amino-alcohol motifs (C(OH)–C–C–N with tert-alkyl or cyclic N) is 1. The molecule has 0 spiro atoms. The van der Waals surface area contributed by atoms with Crippen molar-refractivity contribution in [2.75, 3.05) is 57.4 Å². The molecule has 3 aliphatic rings. The van der Waals surface area contributed by atoms with Crippen molar-refractivity contribution in [3.63, 3.8) is 0 Å². The van der Waals surface area contributed by atoms with Crippen LogP contribution < -0.4 is 10.2 Å². The Labute approximate surface area is 136 Å². The molecule has 3 aliphatic heterocycles. The number of fused-ring (bicyclic) bond motifs is 1. The van der Waals surface area contributed by atoms with Crippen LogP contribution in [0.1, 0.15) is 11.3 Å². The van der Waals surface area contributed by atoms with Crippen LogP contribution in [0.2, 0.25) is 0 Å². The van der Waals surface area contributed by atoms with Crippen LogP contribution in [0.4, 0.5) is 5.82 Å². The SMILES string of the molecule is O[C@@H]1CN(c2ncnc3c2CCNCC3)C[C@H]1N1CCOCC1. The zero-order valence-corrected chi connectivity index (χ0v) is 13.4. The van der Waals surface area contributed by atoms with Gasteiger partial charge in [-0.3, -0.25) is 4.90 Å². The van der Waals surface area contributed by atoms with Crippen molar-refractivity contribution < 1.29 is 9.84 Å². The quantitative estimate of drug-likeness (QED) is 0.728. The third kappa shape index (κ3) is 3.06. The van der Waals surface area contributed by atoms with E-state index >= 15 is 0 Å². The number of morpholine rings is 1. The van der Waals surface area contributed by atoms with Gasteiger partial charge in [0.15, 0.2) is 0 Å². The number of aliphatic hydroxyl groups is 1. The third-order valence-corrected chi connectivity index (χ3v) is 5.18. The zero-order valence-electron chi connectivity index (χ0n) is 13.4. The molecule has 0 unspecified atom stereocenters. The molecule has 7 nitrogen and oxygen atoms in total. The van der Waals surface area contributed by atoms with Crippen LogP contribution in [-0.4, -0.2) is 84.6 Å². The first-order chi connectivity index (χ1) is 11.3. The van der Waals surface area contributed by atoms with Crippen molar-refractivity contribution in [2.24, 2.45) is 0 Å². The number of anilines is 1. The molecule has 1 aromatic heterocycles. The van der Waals surface area contributed by atoms with E-state index in [0.717, 1.165) is 70.3 Å². The summed E-state index contributed by atoms with van der Waals surface area (Å²) in [6, 6.07) is 0.174. The summed E-state index contributed by atoms with van der Waals surface area (Å²) >= 11 is 0. The first-order valence-corrected chi connectivity index (χ1v) is 8.61. The number of aromatic nitrogens is 2. The Morgan fingerprint density at radius 2 is 1.96 bits per heavy atom. The molecule has 2 fully saturated rings.